The van der Waals surface area contributed by atoms with Gasteiger partial charge in [0.25, 0.3) is 0 Å². The lowest BCUT2D eigenvalue weighted by atomic mass is 9.98. The van der Waals surface area contributed by atoms with Gasteiger partial charge >= 0.3 is 12.1 Å². The van der Waals surface area contributed by atoms with E-state index in [9.17, 15) is 14.4 Å². The summed E-state index contributed by atoms with van der Waals surface area (Å²) in [7, 11) is 2.03. The molecule has 4 rings (SSSR count). The molecule has 1 aliphatic carbocycles. The number of nitrogens with zero attached hydrogens (tertiary/aromatic N) is 1. The molecule has 180 valence electrons. The van der Waals surface area contributed by atoms with Crippen LogP contribution in [-0.4, -0.2) is 66.8 Å². The van der Waals surface area contributed by atoms with Crippen molar-refractivity contribution in [3.05, 3.63) is 59.7 Å². The standard InChI is InChI=1S/C26H31N3O5/c1-29-14-12-17(13-15-29)27-25(32)23(10-11-24(30)31)28-26(33)34-16-22-20-8-4-2-6-18(20)19-7-3-5-9-21(19)22/h2-9,17,22-23H,10-16H2,1H3,(H,27,32)(H,28,33)(H,30,31). The number of hydrogen-bond acceptors (Lipinski definition) is 5. The number of carboxylic acids is 1. The molecule has 1 unspecified atom stereocenters. The van der Waals surface area contributed by atoms with E-state index in [-0.39, 0.29) is 37.3 Å². The Morgan fingerprint density at radius 3 is 2.21 bits per heavy atom. The van der Waals surface area contributed by atoms with Gasteiger partial charge in [0.1, 0.15) is 12.6 Å². The second-order valence-corrected chi connectivity index (χ2v) is 9.04. The fourth-order valence-electron chi connectivity index (χ4n) is 4.77. The number of benzene rings is 2. The molecule has 2 aliphatic rings. The number of alkyl carbamates (subject to hydrolysis) is 1. The average molecular weight is 466 g/mol. The number of ether oxygens (including phenoxy) is 1. The molecule has 2 aromatic rings. The van der Waals surface area contributed by atoms with Crippen LogP contribution in [0.25, 0.3) is 11.1 Å². The second kappa shape index (κ2) is 10.7. The van der Waals surface area contributed by atoms with E-state index in [1.54, 1.807) is 0 Å². The number of aliphatic carboxylic acids is 1. The van der Waals surface area contributed by atoms with Gasteiger partial charge in [0.2, 0.25) is 5.91 Å². The lowest BCUT2D eigenvalue weighted by Crippen LogP contribution is -2.52. The summed E-state index contributed by atoms with van der Waals surface area (Å²) >= 11 is 0. The van der Waals surface area contributed by atoms with Gasteiger partial charge in [-0.25, -0.2) is 4.79 Å². The highest BCUT2D eigenvalue weighted by molar-refractivity contribution is 5.86. The Hall–Kier alpha value is -3.39. The predicted octanol–water partition coefficient (Wildman–Crippen LogP) is 2.97. The minimum atomic E-state index is -1.02. The van der Waals surface area contributed by atoms with Crippen LogP contribution in [0.15, 0.2) is 48.5 Å². The summed E-state index contributed by atoms with van der Waals surface area (Å²) in [6.07, 6.45) is 0.681. The first-order valence-corrected chi connectivity index (χ1v) is 11.7. The molecule has 8 heteroatoms. The van der Waals surface area contributed by atoms with Crippen molar-refractivity contribution in [1.29, 1.82) is 0 Å². The van der Waals surface area contributed by atoms with Crippen LogP contribution in [0.4, 0.5) is 4.79 Å². The molecule has 0 radical (unpaired) electrons. The van der Waals surface area contributed by atoms with Crippen molar-refractivity contribution < 1.29 is 24.2 Å². The van der Waals surface area contributed by atoms with Gasteiger partial charge in [-0.15, -0.1) is 0 Å². The van der Waals surface area contributed by atoms with E-state index in [4.69, 9.17) is 9.84 Å². The van der Waals surface area contributed by atoms with Crippen LogP contribution in [0.5, 0.6) is 0 Å². The van der Waals surface area contributed by atoms with Crippen molar-refractivity contribution in [2.75, 3.05) is 26.7 Å². The highest BCUT2D eigenvalue weighted by atomic mass is 16.5. The Morgan fingerprint density at radius 1 is 1.03 bits per heavy atom. The SMILES string of the molecule is CN1CCC(NC(=O)C(CCC(=O)O)NC(=O)OCC2c3ccccc3-c3ccccc32)CC1. The third kappa shape index (κ3) is 5.56. The number of likely N-dealkylation sites (tertiary alicyclic amines) is 1. The molecule has 1 heterocycles. The number of piperidine rings is 1. The number of rotatable bonds is 8. The Kier molecular flexibility index (Phi) is 7.47. The Morgan fingerprint density at radius 2 is 1.62 bits per heavy atom. The number of carbonyl (C=O) groups excluding carboxylic acids is 2. The summed E-state index contributed by atoms with van der Waals surface area (Å²) < 4.78 is 5.55. The summed E-state index contributed by atoms with van der Waals surface area (Å²) in [5.41, 5.74) is 4.45. The molecule has 0 spiro atoms. The van der Waals surface area contributed by atoms with Crippen LogP contribution >= 0.6 is 0 Å². The molecule has 1 saturated heterocycles. The summed E-state index contributed by atoms with van der Waals surface area (Å²) in [6.45, 7) is 1.89. The first kappa shape index (κ1) is 23.8. The molecule has 2 aromatic carbocycles. The molecule has 2 amide bonds. The maximum absolute atomic E-state index is 12.8. The summed E-state index contributed by atoms with van der Waals surface area (Å²) in [4.78, 5) is 38.8. The number of hydrogen-bond donors (Lipinski definition) is 3. The van der Waals surface area contributed by atoms with E-state index in [0.29, 0.717) is 0 Å². The maximum atomic E-state index is 12.8. The van der Waals surface area contributed by atoms with Gasteiger partial charge < -0.3 is 25.4 Å². The quantitative estimate of drug-likeness (QED) is 0.553. The van der Waals surface area contributed by atoms with Gasteiger partial charge in [-0.3, -0.25) is 9.59 Å². The Bertz CT molecular complexity index is 1000. The van der Waals surface area contributed by atoms with E-state index in [1.807, 2.05) is 43.4 Å². The van der Waals surface area contributed by atoms with Crippen LogP contribution in [0.1, 0.15) is 42.7 Å². The van der Waals surface area contributed by atoms with Gasteiger partial charge in [-0.2, -0.15) is 0 Å². The molecule has 0 bridgehead atoms. The molecule has 1 aliphatic heterocycles. The fraction of sp³-hybridized carbons (Fsp3) is 0.423. The van der Waals surface area contributed by atoms with E-state index in [1.165, 1.54) is 0 Å². The minimum Gasteiger partial charge on any atom is -0.481 e. The Balaban J connectivity index is 1.38. The van der Waals surface area contributed by atoms with E-state index in [2.05, 4.69) is 27.7 Å². The zero-order valence-electron chi connectivity index (χ0n) is 19.3. The molecule has 3 N–H and O–H groups in total. The van der Waals surface area contributed by atoms with E-state index in [0.717, 1.165) is 48.2 Å². The van der Waals surface area contributed by atoms with Crippen molar-refractivity contribution >= 4 is 18.0 Å². The highest BCUT2D eigenvalue weighted by Crippen LogP contribution is 2.44. The van der Waals surface area contributed by atoms with Crippen molar-refractivity contribution in [3.8, 4) is 11.1 Å². The van der Waals surface area contributed by atoms with E-state index < -0.39 is 18.1 Å². The Labute approximate surface area is 199 Å². The lowest BCUT2D eigenvalue weighted by molar-refractivity contribution is -0.137. The molecular formula is C26H31N3O5. The molecule has 34 heavy (non-hydrogen) atoms. The van der Waals surface area contributed by atoms with Crippen LogP contribution < -0.4 is 10.6 Å². The monoisotopic (exact) mass is 465 g/mol. The number of amides is 2. The first-order chi connectivity index (χ1) is 16.4. The van der Waals surface area contributed by atoms with Crippen molar-refractivity contribution in [2.45, 2.75) is 43.7 Å². The van der Waals surface area contributed by atoms with Crippen LogP contribution in [-0.2, 0) is 14.3 Å². The number of nitrogens with one attached hydrogen (secondary N) is 2. The van der Waals surface area contributed by atoms with Crippen molar-refractivity contribution in [1.82, 2.24) is 15.5 Å². The van der Waals surface area contributed by atoms with Gasteiger partial charge in [0, 0.05) is 18.4 Å². The highest BCUT2D eigenvalue weighted by Gasteiger charge is 2.30. The number of carbonyl (C=O) groups is 3. The predicted molar refractivity (Wildman–Crippen MR) is 128 cm³/mol. The molecule has 1 atom stereocenters. The summed E-state index contributed by atoms with van der Waals surface area (Å²) in [5, 5.41) is 14.6. The van der Waals surface area contributed by atoms with Crippen molar-refractivity contribution in [2.24, 2.45) is 0 Å². The molecule has 1 fully saturated rings. The van der Waals surface area contributed by atoms with Crippen LogP contribution in [0.2, 0.25) is 0 Å². The van der Waals surface area contributed by atoms with Gasteiger partial charge in [0.15, 0.2) is 0 Å². The van der Waals surface area contributed by atoms with Gasteiger partial charge in [0.05, 0.1) is 0 Å². The van der Waals surface area contributed by atoms with Crippen LogP contribution in [0.3, 0.4) is 0 Å². The van der Waals surface area contributed by atoms with Gasteiger partial charge in [-0.05, 0) is 61.7 Å². The van der Waals surface area contributed by atoms with Crippen LogP contribution in [0, 0.1) is 0 Å². The average Bonchev–Trinajstić information content (AvgIpc) is 3.15. The third-order valence-electron chi connectivity index (χ3n) is 6.66. The van der Waals surface area contributed by atoms with Crippen molar-refractivity contribution in [3.63, 3.8) is 0 Å². The molecule has 0 saturated carbocycles. The van der Waals surface area contributed by atoms with E-state index >= 15 is 0 Å². The first-order valence-electron chi connectivity index (χ1n) is 11.7. The van der Waals surface area contributed by atoms with Gasteiger partial charge in [-0.1, -0.05) is 48.5 Å². The zero-order chi connectivity index (χ0) is 24.1. The minimum absolute atomic E-state index is 0.00200. The molecular weight excluding hydrogens is 434 g/mol. The largest absolute Gasteiger partial charge is 0.481 e. The zero-order valence-corrected chi connectivity index (χ0v) is 19.3. The maximum Gasteiger partial charge on any atom is 0.407 e. The second-order valence-electron chi connectivity index (χ2n) is 9.04. The lowest BCUT2D eigenvalue weighted by Gasteiger charge is -2.30. The molecule has 8 nitrogen and oxygen atoms in total. The normalized spacial score (nSPS) is 16.9. The summed E-state index contributed by atoms with van der Waals surface area (Å²) in [6, 6.07) is 15.1. The number of carboxylic acid groups (broad SMARTS) is 1. The number of fused-ring (bicyclic) bond motifs is 3. The third-order valence-corrected chi connectivity index (χ3v) is 6.66. The molecule has 0 aromatic heterocycles. The summed E-state index contributed by atoms with van der Waals surface area (Å²) in [5.74, 6) is -1.49. The topological polar surface area (TPSA) is 108 Å². The smallest absolute Gasteiger partial charge is 0.407 e. The fourth-order valence-corrected chi connectivity index (χ4v) is 4.77.